The average Bonchev–Trinajstić information content (AvgIpc) is 3.36. The Morgan fingerprint density at radius 2 is 1.59 bits per heavy atom. The summed E-state index contributed by atoms with van der Waals surface area (Å²) in [7, 11) is 0. The van der Waals surface area contributed by atoms with Crippen LogP contribution >= 0.6 is 0 Å². The first kappa shape index (κ1) is 21.5. The van der Waals surface area contributed by atoms with Gasteiger partial charge in [0.2, 0.25) is 0 Å². The molecule has 0 aliphatic carbocycles. The van der Waals surface area contributed by atoms with Gasteiger partial charge in [-0.2, -0.15) is 5.10 Å². The topological polar surface area (TPSA) is 76.5 Å². The van der Waals surface area contributed by atoms with Gasteiger partial charge in [-0.05, 0) is 23.3 Å². The maximum atomic E-state index is 13.5. The minimum Gasteiger partial charge on any atom is -0.477 e. The van der Waals surface area contributed by atoms with E-state index in [-0.39, 0.29) is 18.4 Å². The minimum absolute atomic E-state index is 0.111. The SMILES string of the molecule is O=C(NCc1ccccc1)[C@H]1CN(C(=O)c2cnn(Cc3ccccc3)c2)c2ccccc2O1. The van der Waals surface area contributed by atoms with Crippen LogP contribution < -0.4 is 15.0 Å². The first-order valence-corrected chi connectivity index (χ1v) is 11.1. The number of carbonyl (C=O) groups excluding carboxylic acids is 2. The fraction of sp³-hybridized carbons (Fsp3) is 0.148. The van der Waals surface area contributed by atoms with E-state index >= 15 is 0 Å². The number of hydrogen-bond donors (Lipinski definition) is 1. The molecule has 3 aromatic carbocycles. The summed E-state index contributed by atoms with van der Waals surface area (Å²) in [5, 5.41) is 7.27. The molecule has 0 fully saturated rings. The number of amides is 2. The van der Waals surface area contributed by atoms with Crippen LogP contribution in [0.4, 0.5) is 5.69 Å². The fourth-order valence-corrected chi connectivity index (χ4v) is 3.95. The highest BCUT2D eigenvalue weighted by Crippen LogP contribution is 2.34. The summed E-state index contributed by atoms with van der Waals surface area (Å²) in [5.41, 5.74) is 3.17. The van der Waals surface area contributed by atoms with E-state index in [1.165, 1.54) is 0 Å². The molecule has 34 heavy (non-hydrogen) atoms. The van der Waals surface area contributed by atoms with Crippen LogP contribution in [0.25, 0.3) is 0 Å². The number of benzene rings is 3. The lowest BCUT2D eigenvalue weighted by molar-refractivity contribution is -0.127. The van der Waals surface area contributed by atoms with Crippen molar-refractivity contribution in [2.75, 3.05) is 11.4 Å². The Bertz CT molecular complexity index is 1290. The average molecular weight is 453 g/mol. The third kappa shape index (κ3) is 4.68. The minimum atomic E-state index is -0.818. The molecule has 0 unspecified atom stereocenters. The standard InChI is InChI=1S/C27H24N4O3/c32-26(28-15-20-9-3-1-4-10-20)25-19-31(23-13-7-8-14-24(23)34-25)27(33)22-16-29-30(18-22)17-21-11-5-2-6-12-21/h1-14,16,18,25H,15,17,19H2,(H,28,32)/t25-/m1/s1. The second kappa shape index (κ2) is 9.62. The summed E-state index contributed by atoms with van der Waals surface area (Å²) in [5.74, 6) is 0.00508. The first-order valence-electron chi connectivity index (χ1n) is 11.1. The van der Waals surface area contributed by atoms with E-state index in [0.29, 0.717) is 30.1 Å². The molecular formula is C27H24N4O3. The van der Waals surface area contributed by atoms with Crippen LogP contribution in [0.15, 0.2) is 97.3 Å². The summed E-state index contributed by atoms with van der Waals surface area (Å²) in [6.45, 7) is 1.07. The van der Waals surface area contributed by atoms with Crippen LogP contribution in [0, 0.1) is 0 Å². The van der Waals surface area contributed by atoms with Gasteiger partial charge >= 0.3 is 0 Å². The van der Waals surface area contributed by atoms with E-state index in [0.717, 1.165) is 11.1 Å². The number of anilines is 1. The Morgan fingerprint density at radius 3 is 2.35 bits per heavy atom. The van der Waals surface area contributed by atoms with Crippen LogP contribution in [0.5, 0.6) is 5.75 Å². The van der Waals surface area contributed by atoms with Gasteiger partial charge in [0, 0.05) is 12.7 Å². The Morgan fingerprint density at radius 1 is 0.912 bits per heavy atom. The molecule has 0 radical (unpaired) electrons. The molecule has 1 aliphatic heterocycles. The molecule has 0 spiro atoms. The van der Waals surface area contributed by atoms with Gasteiger partial charge in [-0.25, -0.2) is 0 Å². The second-order valence-electron chi connectivity index (χ2n) is 8.11. The smallest absolute Gasteiger partial charge is 0.263 e. The molecule has 1 atom stereocenters. The van der Waals surface area contributed by atoms with Crippen LogP contribution in [0.3, 0.4) is 0 Å². The van der Waals surface area contributed by atoms with Crippen molar-refractivity contribution < 1.29 is 14.3 Å². The van der Waals surface area contributed by atoms with Gasteiger partial charge in [-0.1, -0.05) is 72.8 Å². The molecule has 7 nitrogen and oxygen atoms in total. The number of aromatic nitrogens is 2. The Balaban J connectivity index is 1.33. The number of carbonyl (C=O) groups is 2. The number of nitrogens with one attached hydrogen (secondary N) is 1. The number of ether oxygens (including phenoxy) is 1. The zero-order chi connectivity index (χ0) is 23.3. The monoisotopic (exact) mass is 452 g/mol. The molecule has 0 saturated carbocycles. The largest absolute Gasteiger partial charge is 0.477 e. The predicted octanol–water partition coefficient (Wildman–Crippen LogP) is 3.66. The summed E-state index contributed by atoms with van der Waals surface area (Å²) in [4.78, 5) is 28.0. The van der Waals surface area contributed by atoms with Gasteiger partial charge < -0.3 is 15.0 Å². The Labute approximate surface area is 197 Å². The number of rotatable bonds is 6. The zero-order valence-electron chi connectivity index (χ0n) is 18.5. The second-order valence-corrected chi connectivity index (χ2v) is 8.11. The number of nitrogens with zero attached hydrogens (tertiary/aromatic N) is 3. The van der Waals surface area contributed by atoms with Gasteiger partial charge in [0.25, 0.3) is 11.8 Å². The fourth-order valence-electron chi connectivity index (χ4n) is 3.95. The first-order chi connectivity index (χ1) is 16.7. The summed E-state index contributed by atoms with van der Waals surface area (Å²) < 4.78 is 7.69. The molecule has 7 heteroatoms. The zero-order valence-corrected chi connectivity index (χ0v) is 18.5. The van der Waals surface area contributed by atoms with E-state index in [4.69, 9.17) is 4.74 Å². The van der Waals surface area contributed by atoms with E-state index in [9.17, 15) is 9.59 Å². The molecule has 5 rings (SSSR count). The lowest BCUT2D eigenvalue weighted by Crippen LogP contribution is -2.50. The third-order valence-corrected chi connectivity index (χ3v) is 5.69. The van der Waals surface area contributed by atoms with Crippen molar-refractivity contribution in [3.05, 3.63) is 114 Å². The quantitative estimate of drug-likeness (QED) is 0.485. The van der Waals surface area contributed by atoms with Crippen molar-refractivity contribution in [3.63, 3.8) is 0 Å². The summed E-state index contributed by atoms with van der Waals surface area (Å²) in [6.07, 6.45) is 2.48. The maximum Gasteiger partial charge on any atom is 0.263 e. The van der Waals surface area contributed by atoms with Crippen molar-refractivity contribution in [1.29, 1.82) is 0 Å². The van der Waals surface area contributed by atoms with Crippen LogP contribution in [-0.2, 0) is 17.9 Å². The molecule has 1 aromatic heterocycles. The normalized spacial score (nSPS) is 14.7. The van der Waals surface area contributed by atoms with E-state index in [2.05, 4.69) is 10.4 Å². The van der Waals surface area contributed by atoms with Gasteiger partial charge in [-0.15, -0.1) is 0 Å². The van der Waals surface area contributed by atoms with Crippen LogP contribution in [-0.4, -0.2) is 34.2 Å². The third-order valence-electron chi connectivity index (χ3n) is 5.69. The molecule has 1 N–H and O–H groups in total. The number of para-hydroxylation sites is 2. The number of hydrogen-bond acceptors (Lipinski definition) is 4. The van der Waals surface area contributed by atoms with E-state index in [1.54, 1.807) is 28.0 Å². The summed E-state index contributed by atoms with van der Waals surface area (Å²) in [6, 6.07) is 26.9. The Hall–Kier alpha value is -4.39. The summed E-state index contributed by atoms with van der Waals surface area (Å²) >= 11 is 0. The molecular weight excluding hydrogens is 428 g/mol. The van der Waals surface area contributed by atoms with Crippen LogP contribution in [0.2, 0.25) is 0 Å². The van der Waals surface area contributed by atoms with Gasteiger partial charge in [0.15, 0.2) is 6.10 Å². The van der Waals surface area contributed by atoms with Gasteiger partial charge in [-0.3, -0.25) is 14.3 Å². The van der Waals surface area contributed by atoms with Crippen molar-refractivity contribution in [2.45, 2.75) is 19.2 Å². The van der Waals surface area contributed by atoms with E-state index in [1.807, 2.05) is 78.9 Å². The Kier molecular flexibility index (Phi) is 6.07. The van der Waals surface area contributed by atoms with Crippen LogP contribution in [0.1, 0.15) is 21.5 Å². The molecule has 0 bridgehead atoms. The van der Waals surface area contributed by atoms with E-state index < -0.39 is 6.10 Å². The van der Waals surface area contributed by atoms with Crippen molar-refractivity contribution in [2.24, 2.45) is 0 Å². The highest BCUT2D eigenvalue weighted by atomic mass is 16.5. The molecule has 1 aliphatic rings. The lowest BCUT2D eigenvalue weighted by atomic mass is 10.1. The molecule has 4 aromatic rings. The molecule has 2 amide bonds. The lowest BCUT2D eigenvalue weighted by Gasteiger charge is -2.34. The van der Waals surface area contributed by atoms with Crippen molar-refractivity contribution in [3.8, 4) is 5.75 Å². The van der Waals surface area contributed by atoms with Crippen molar-refractivity contribution in [1.82, 2.24) is 15.1 Å². The molecule has 2 heterocycles. The van der Waals surface area contributed by atoms with Gasteiger partial charge in [0.05, 0.1) is 30.5 Å². The van der Waals surface area contributed by atoms with Crippen molar-refractivity contribution >= 4 is 17.5 Å². The predicted molar refractivity (Wildman–Crippen MR) is 129 cm³/mol. The van der Waals surface area contributed by atoms with Gasteiger partial charge in [0.1, 0.15) is 5.75 Å². The maximum absolute atomic E-state index is 13.5. The molecule has 0 saturated heterocycles. The number of fused-ring (bicyclic) bond motifs is 1. The highest BCUT2D eigenvalue weighted by Gasteiger charge is 2.34. The highest BCUT2D eigenvalue weighted by molar-refractivity contribution is 6.07. The molecule has 170 valence electrons.